The molecule has 4 rings (SSSR count). The maximum Gasteiger partial charge on any atom is 0.238 e. The average molecular weight is 317 g/mol. The molecule has 24 heavy (non-hydrogen) atoms. The van der Waals surface area contributed by atoms with Crippen LogP contribution in [-0.2, 0) is 9.59 Å². The van der Waals surface area contributed by atoms with Crippen molar-refractivity contribution < 1.29 is 9.59 Å². The van der Waals surface area contributed by atoms with Gasteiger partial charge in [-0.25, -0.2) is 0 Å². The van der Waals surface area contributed by atoms with Gasteiger partial charge >= 0.3 is 0 Å². The molecule has 0 aromatic heterocycles. The first kappa shape index (κ1) is 14.9. The second-order valence-corrected chi connectivity index (χ2v) is 6.63. The summed E-state index contributed by atoms with van der Waals surface area (Å²) >= 11 is 0. The van der Waals surface area contributed by atoms with Gasteiger partial charge in [0.25, 0.3) is 0 Å². The summed E-state index contributed by atoms with van der Waals surface area (Å²) in [6.07, 6.45) is 2.83. The van der Waals surface area contributed by atoms with Crippen molar-refractivity contribution in [3.63, 3.8) is 0 Å². The predicted octanol–water partition coefficient (Wildman–Crippen LogP) is 3.93. The van der Waals surface area contributed by atoms with Crippen LogP contribution in [0.5, 0.6) is 0 Å². The molecule has 3 heteroatoms. The highest BCUT2D eigenvalue weighted by atomic mass is 16.2. The molecule has 120 valence electrons. The van der Waals surface area contributed by atoms with Crippen LogP contribution in [0.25, 0.3) is 0 Å². The molecule has 0 radical (unpaired) electrons. The van der Waals surface area contributed by atoms with Crippen molar-refractivity contribution in [1.82, 2.24) is 0 Å². The van der Waals surface area contributed by atoms with Gasteiger partial charge in [-0.15, -0.1) is 0 Å². The molecular weight excluding hydrogens is 298 g/mol. The third-order valence-corrected chi connectivity index (χ3v) is 5.07. The van der Waals surface area contributed by atoms with E-state index in [4.69, 9.17) is 0 Å². The van der Waals surface area contributed by atoms with Gasteiger partial charge in [-0.1, -0.05) is 60.2 Å². The molecule has 2 amide bonds. The van der Waals surface area contributed by atoms with Crippen LogP contribution < -0.4 is 4.90 Å². The molecule has 0 bridgehead atoms. The number of carbonyl (C=O) groups excluding carboxylic acids is 2. The van der Waals surface area contributed by atoms with Gasteiger partial charge in [-0.3, -0.25) is 14.5 Å². The number of para-hydroxylation sites is 1. The molecule has 1 aliphatic carbocycles. The van der Waals surface area contributed by atoms with Crippen molar-refractivity contribution in [3.8, 4) is 0 Å². The molecule has 1 aliphatic heterocycles. The number of nitrogens with zero attached hydrogens (tertiary/aromatic N) is 1. The van der Waals surface area contributed by atoms with Crippen molar-refractivity contribution in [3.05, 3.63) is 77.9 Å². The van der Waals surface area contributed by atoms with Crippen molar-refractivity contribution in [2.75, 3.05) is 4.90 Å². The molecule has 0 saturated carbocycles. The first-order chi connectivity index (χ1) is 11.7. The molecule has 2 aromatic carbocycles. The first-order valence-electron chi connectivity index (χ1n) is 8.32. The number of benzene rings is 2. The molecule has 3 nitrogen and oxygen atoms in total. The van der Waals surface area contributed by atoms with Gasteiger partial charge in [-0.2, -0.15) is 0 Å². The summed E-state index contributed by atoms with van der Waals surface area (Å²) in [7, 11) is 0. The molecular formula is C21H19NO2. The summed E-state index contributed by atoms with van der Waals surface area (Å²) in [5, 5.41) is 0. The topological polar surface area (TPSA) is 37.4 Å². The summed E-state index contributed by atoms with van der Waals surface area (Å²) in [5.41, 5.74) is 2.95. The van der Waals surface area contributed by atoms with E-state index in [1.807, 2.05) is 60.7 Å². The van der Waals surface area contributed by atoms with Gasteiger partial charge in [0.1, 0.15) is 0 Å². The number of anilines is 1. The van der Waals surface area contributed by atoms with Crippen LogP contribution in [-0.4, -0.2) is 11.8 Å². The summed E-state index contributed by atoms with van der Waals surface area (Å²) < 4.78 is 0. The van der Waals surface area contributed by atoms with E-state index in [0.717, 1.165) is 5.56 Å². The molecule has 1 saturated heterocycles. The zero-order chi connectivity index (χ0) is 16.7. The molecule has 1 fully saturated rings. The zero-order valence-corrected chi connectivity index (χ0v) is 13.6. The van der Waals surface area contributed by atoms with E-state index in [1.54, 1.807) is 0 Å². The minimum atomic E-state index is -0.302. The molecule has 3 atom stereocenters. The third-order valence-electron chi connectivity index (χ3n) is 5.07. The number of hydrogen-bond acceptors (Lipinski definition) is 2. The van der Waals surface area contributed by atoms with Gasteiger partial charge in [0.05, 0.1) is 17.5 Å². The lowest BCUT2D eigenvalue weighted by molar-refractivity contribution is -0.122. The zero-order valence-electron chi connectivity index (χ0n) is 13.6. The van der Waals surface area contributed by atoms with E-state index < -0.39 is 0 Å². The third kappa shape index (κ3) is 2.28. The minimum Gasteiger partial charge on any atom is -0.274 e. The normalized spacial score (nSPS) is 26.3. The number of allylic oxidation sites excluding steroid dienone is 2. The summed E-state index contributed by atoms with van der Waals surface area (Å²) in [6.45, 7) is 2.05. The fourth-order valence-electron chi connectivity index (χ4n) is 4.00. The number of fused-ring (bicyclic) bond motifs is 1. The Morgan fingerprint density at radius 1 is 0.875 bits per heavy atom. The Morgan fingerprint density at radius 3 is 2.17 bits per heavy atom. The van der Waals surface area contributed by atoms with Crippen LogP contribution in [0, 0.1) is 11.8 Å². The lowest BCUT2D eigenvalue weighted by atomic mass is 9.72. The number of rotatable bonds is 2. The van der Waals surface area contributed by atoms with Crippen molar-refractivity contribution in [2.45, 2.75) is 19.3 Å². The van der Waals surface area contributed by atoms with Gasteiger partial charge < -0.3 is 0 Å². The maximum absolute atomic E-state index is 13.1. The summed E-state index contributed by atoms with van der Waals surface area (Å²) in [6, 6.07) is 19.3. The number of carbonyl (C=O) groups is 2. The van der Waals surface area contributed by atoms with Crippen molar-refractivity contribution in [2.24, 2.45) is 11.8 Å². The van der Waals surface area contributed by atoms with Gasteiger partial charge in [-0.05, 0) is 31.0 Å². The Hall–Kier alpha value is -2.68. The van der Waals surface area contributed by atoms with E-state index >= 15 is 0 Å². The highest BCUT2D eigenvalue weighted by Gasteiger charge is 2.52. The second kappa shape index (κ2) is 5.75. The Kier molecular flexibility index (Phi) is 3.57. The molecule has 2 aliphatic rings. The van der Waals surface area contributed by atoms with Gasteiger partial charge in [0.15, 0.2) is 0 Å². The largest absolute Gasteiger partial charge is 0.274 e. The van der Waals surface area contributed by atoms with Crippen LogP contribution in [0.15, 0.2) is 72.3 Å². The Labute approximate surface area is 141 Å². The fourth-order valence-corrected chi connectivity index (χ4v) is 4.00. The standard InChI is InChI=1S/C21H19NO2/c1-14-12-17(15-8-4-2-5-9-15)19-18(13-14)20(23)22(21(19)24)16-10-6-3-7-11-16/h2-12,17-19H,13H2,1H3/t17-,18-,19+/m0/s1. The molecule has 0 unspecified atom stereocenters. The summed E-state index contributed by atoms with van der Waals surface area (Å²) in [5.74, 6) is -0.731. The predicted molar refractivity (Wildman–Crippen MR) is 93.5 cm³/mol. The highest BCUT2D eigenvalue weighted by molar-refractivity contribution is 6.22. The minimum absolute atomic E-state index is 0.0323. The molecule has 2 aromatic rings. The van der Waals surface area contributed by atoms with Crippen LogP contribution in [0.1, 0.15) is 24.8 Å². The summed E-state index contributed by atoms with van der Waals surface area (Å²) in [4.78, 5) is 27.5. The monoisotopic (exact) mass is 317 g/mol. The van der Waals surface area contributed by atoms with E-state index in [2.05, 4.69) is 13.0 Å². The maximum atomic E-state index is 13.1. The van der Waals surface area contributed by atoms with E-state index in [0.29, 0.717) is 12.1 Å². The molecule has 0 spiro atoms. The van der Waals surface area contributed by atoms with Crippen LogP contribution >= 0.6 is 0 Å². The van der Waals surface area contributed by atoms with E-state index in [1.165, 1.54) is 10.5 Å². The van der Waals surface area contributed by atoms with Crippen LogP contribution in [0.3, 0.4) is 0 Å². The smallest absolute Gasteiger partial charge is 0.238 e. The number of hydrogen-bond donors (Lipinski definition) is 0. The Balaban J connectivity index is 1.77. The first-order valence-corrected chi connectivity index (χ1v) is 8.32. The van der Waals surface area contributed by atoms with E-state index in [9.17, 15) is 9.59 Å². The lowest BCUT2D eigenvalue weighted by Crippen LogP contribution is -2.31. The van der Waals surface area contributed by atoms with Gasteiger partial charge in [0, 0.05) is 5.92 Å². The molecule has 0 N–H and O–H groups in total. The number of amides is 2. The Morgan fingerprint density at radius 2 is 1.50 bits per heavy atom. The van der Waals surface area contributed by atoms with Crippen molar-refractivity contribution >= 4 is 17.5 Å². The Bertz CT molecular complexity index is 810. The highest BCUT2D eigenvalue weighted by Crippen LogP contribution is 2.46. The lowest BCUT2D eigenvalue weighted by Gasteiger charge is -2.28. The van der Waals surface area contributed by atoms with Crippen molar-refractivity contribution in [1.29, 1.82) is 0 Å². The second-order valence-electron chi connectivity index (χ2n) is 6.63. The SMILES string of the molecule is CC1=C[C@@H](c2ccccc2)[C@H]2C(=O)N(c3ccccc3)C(=O)[C@H]2C1. The van der Waals surface area contributed by atoms with Gasteiger partial charge in [0.2, 0.25) is 11.8 Å². The van der Waals surface area contributed by atoms with E-state index in [-0.39, 0.29) is 29.6 Å². The van der Waals surface area contributed by atoms with Crippen LogP contribution in [0.2, 0.25) is 0 Å². The molecule has 1 heterocycles. The average Bonchev–Trinajstić information content (AvgIpc) is 2.86. The quantitative estimate of drug-likeness (QED) is 0.622. The fraction of sp³-hybridized carbons (Fsp3) is 0.238. The van der Waals surface area contributed by atoms with Crippen LogP contribution in [0.4, 0.5) is 5.69 Å². The number of imide groups is 1.